The Morgan fingerprint density at radius 3 is 3.05 bits per heavy atom. The molecule has 3 heterocycles. The standard InChI is InChI=1S/C14H19N5/c1-18-7-6-16-13(18)9-19-12-4-5-15-8-11(12)17-14(19)10-2-3-10/h6-7,10,15H,2-5,8-9H2,1H3. The molecule has 1 N–H and O–H groups in total. The zero-order valence-electron chi connectivity index (χ0n) is 11.3. The highest BCUT2D eigenvalue weighted by Gasteiger charge is 2.32. The second-order valence-corrected chi connectivity index (χ2v) is 5.60. The highest BCUT2D eigenvalue weighted by atomic mass is 15.2. The first kappa shape index (κ1) is 11.2. The predicted octanol–water partition coefficient (Wildman–Crippen LogP) is 1.19. The molecule has 0 spiro atoms. The monoisotopic (exact) mass is 257 g/mol. The highest BCUT2D eigenvalue weighted by Crippen LogP contribution is 2.40. The fourth-order valence-electron chi connectivity index (χ4n) is 2.91. The molecule has 0 amide bonds. The third kappa shape index (κ3) is 1.89. The molecular weight excluding hydrogens is 238 g/mol. The number of imidazole rings is 2. The SMILES string of the molecule is Cn1ccnc1Cn1c(C2CC2)nc2c1CCNC2. The molecule has 0 aromatic carbocycles. The van der Waals surface area contributed by atoms with E-state index in [-0.39, 0.29) is 0 Å². The molecule has 2 aromatic heterocycles. The number of rotatable bonds is 3. The van der Waals surface area contributed by atoms with E-state index in [2.05, 4.69) is 26.5 Å². The average molecular weight is 257 g/mol. The van der Waals surface area contributed by atoms with E-state index in [1.807, 2.05) is 12.4 Å². The lowest BCUT2D eigenvalue weighted by molar-refractivity contribution is 0.585. The van der Waals surface area contributed by atoms with Gasteiger partial charge in [0.25, 0.3) is 0 Å². The second kappa shape index (κ2) is 4.20. The van der Waals surface area contributed by atoms with Gasteiger partial charge in [0.15, 0.2) is 0 Å². The van der Waals surface area contributed by atoms with Crippen LogP contribution >= 0.6 is 0 Å². The van der Waals surface area contributed by atoms with Crippen molar-refractivity contribution < 1.29 is 0 Å². The zero-order valence-corrected chi connectivity index (χ0v) is 11.3. The topological polar surface area (TPSA) is 47.7 Å². The summed E-state index contributed by atoms with van der Waals surface area (Å²) < 4.78 is 4.53. The first-order chi connectivity index (χ1) is 9.33. The maximum atomic E-state index is 4.89. The number of aryl methyl sites for hydroxylation is 1. The van der Waals surface area contributed by atoms with Gasteiger partial charge in [-0.05, 0) is 12.8 Å². The van der Waals surface area contributed by atoms with Crippen LogP contribution in [0.1, 0.15) is 41.8 Å². The van der Waals surface area contributed by atoms with E-state index in [9.17, 15) is 0 Å². The van der Waals surface area contributed by atoms with Crippen LogP contribution < -0.4 is 5.32 Å². The number of hydrogen-bond donors (Lipinski definition) is 1. The Hall–Kier alpha value is -1.62. The van der Waals surface area contributed by atoms with E-state index in [0.717, 1.165) is 31.9 Å². The molecule has 2 aromatic rings. The Kier molecular flexibility index (Phi) is 2.48. The third-order valence-electron chi connectivity index (χ3n) is 4.18. The first-order valence-electron chi connectivity index (χ1n) is 7.08. The van der Waals surface area contributed by atoms with Gasteiger partial charge in [-0.25, -0.2) is 9.97 Å². The quantitative estimate of drug-likeness (QED) is 0.898. The fraction of sp³-hybridized carbons (Fsp3) is 0.571. The molecule has 19 heavy (non-hydrogen) atoms. The van der Waals surface area contributed by atoms with Gasteiger partial charge in [-0.2, -0.15) is 0 Å². The smallest absolute Gasteiger partial charge is 0.128 e. The minimum absolute atomic E-state index is 0.686. The lowest BCUT2D eigenvalue weighted by atomic mass is 10.2. The molecular formula is C14H19N5. The van der Waals surface area contributed by atoms with E-state index in [1.165, 1.54) is 30.1 Å². The van der Waals surface area contributed by atoms with Crippen molar-refractivity contribution in [3.63, 3.8) is 0 Å². The maximum absolute atomic E-state index is 4.89. The van der Waals surface area contributed by atoms with Crippen LogP contribution in [0.3, 0.4) is 0 Å². The van der Waals surface area contributed by atoms with Gasteiger partial charge in [0.1, 0.15) is 11.6 Å². The van der Waals surface area contributed by atoms with E-state index in [0.29, 0.717) is 5.92 Å². The molecule has 4 rings (SSSR count). The summed E-state index contributed by atoms with van der Waals surface area (Å²) in [6.45, 7) is 2.84. The van der Waals surface area contributed by atoms with Gasteiger partial charge in [0.2, 0.25) is 0 Å². The van der Waals surface area contributed by atoms with E-state index >= 15 is 0 Å². The van der Waals surface area contributed by atoms with E-state index < -0.39 is 0 Å². The number of hydrogen-bond acceptors (Lipinski definition) is 3. The van der Waals surface area contributed by atoms with Crippen molar-refractivity contribution in [1.29, 1.82) is 0 Å². The van der Waals surface area contributed by atoms with E-state index in [1.54, 1.807) is 0 Å². The molecule has 0 radical (unpaired) electrons. The lowest BCUT2D eigenvalue weighted by Crippen LogP contribution is -2.25. The van der Waals surface area contributed by atoms with Crippen molar-refractivity contribution in [2.45, 2.75) is 38.3 Å². The number of fused-ring (bicyclic) bond motifs is 1. The van der Waals surface area contributed by atoms with Crippen LogP contribution in [-0.2, 0) is 26.6 Å². The molecule has 0 unspecified atom stereocenters. The van der Waals surface area contributed by atoms with Gasteiger partial charge < -0.3 is 14.5 Å². The summed E-state index contributed by atoms with van der Waals surface area (Å²) in [5.41, 5.74) is 2.67. The Bertz CT molecular complexity index is 605. The summed E-state index contributed by atoms with van der Waals surface area (Å²) in [6.07, 6.45) is 7.56. The van der Waals surface area contributed by atoms with Crippen LogP contribution in [0.2, 0.25) is 0 Å². The van der Waals surface area contributed by atoms with Gasteiger partial charge >= 0.3 is 0 Å². The zero-order chi connectivity index (χ0) is 12.8. The third-order valence-corrected chi connectivity index (χ3v) is 4.18. The first-order valence-corrected chi connectivity index (χ1v) is 7.08. The van der Waals surface area contributed by atoms with E-state index in [4.69, 9.17) is 4.98 Å². The van der Waals surface area contributed by atoms with Crippen LogP contribution in [0.25, 0.3) is 0 Å². The maximum Gasteiger partial charge on any atom is 0.128 e. The Morgan fingerprint density at radius 2 is 2.32 bits per heavy atom. The van der Waals surface area contributed by atoms with Crippen LogP contribution in [-0.4, -0.2) is 25.6 Å². The van der Waals surface area contributed by atoms with Crippen LogP contribution in [0, 0.1) is 0 Å². The van der Waals surface area contributed by atoms with Crippen LogP contribution in [0.4, 0.5) is 0 Å². The van der Waals surface area contributed by atoms with Crippen LogP contribution in [0.15, 0.2) is 12.4 Å². The van der Waals surface area contributed by atoms with Gasteiger partial charge in [0, 0.05) is 50.6 Å². The van der Waals surface area contributed by atoms with Gasteiger partial charge in [-0.1, -0.05) is 0 Å². The number of nitrogens with zero attached hydrogens (tertiary/aromatic N) is 4. The summed E-state index contributed by atoms with van der Waals surface area (Å²) in [5.74, 6) is 3.09. The molecule has 1 aliphatic heterocycles. The van der Waals surface area contributed by atoms with Crippen molar-refractivity contribution in [3.05, 3.63) is 35.4 Å². The molecule has 2 aliphatic rings. The Labute approximate surface area is 112 Å². The normalized spacial score (nSPS) is 18.6. The van der Waals surface area contributed by atoms with Crippen molar-refractivity contribution in [2.75, 3.05) is 6.54 Å². The predicted molar refractivity (Wildman–Crippen MR) is 71.9 cm³/mol. The molecule has 5 nitrogen and oxygen atoms in total. The molecule has 5 heteroatoms. The summed E-state index contributed by atoms with van der Waals surface area (Å²) in [7, 11) is 2.06. The molecule has 0 saturated heterocycles. The number of aromatic nitrogens is 4. The van der Waals surface area contributed by atoms with Crippen molar-refractivity contribution >= 4 is 0 Å². The molecule has 1 fully saturated rings. The summed E-state index contributed by atoms with van der Waals surface area (Å²) in [6, 6.07) is 0. The molecule has 0 bridgehead atoms. The van der Waals surface area contributed by atoms with Crippen LogP contribution in [0.5, 0.6) is 0 Å². The lowest BCUT2D eigenvalue weighted by Gasteiger charge is -2.16. The highest BCUT2D eigenvalue weighted by molar-refractivity contribution is 5.25. The second-order valence-electron chi connectivity index (χ2n) is 5.60. The minimum Gasteiger partial charge on any atom is -0.337 e. The fourth-order valence-corrected chi connectivity index (χ4v) is 2.91. The Morgan fingerprint density at radius 1 is 1.42 bits per heavy atom. The largest absolute Gasteiger partial charge is 0.337 e. The van der Waals surface area contributed by atoms with Gasteiger partial charge in [-0.15, -0.1) is 0 Å². The molecule has 100 valence electrons. The molecule has 1 aliphatic carbocycles. The number of nitrogens with one attached hydrogen (secondary N) is 1. The molecule has 0 atom stereocenters. The molecule has 1 saturated carbocycles. The summed E-state index contributed by atoms with van der Waals surface area (Å²) >= 11 is 0. The van der Waals surface area contributed by atoms with Crippen molar-refractivity contribution in [2.24, 2.45) is 7.05 Å². The minimum atomic E-state index is 0.686. The summed E-state index contributed by atoms with van der Waals surface area (Å²) in [4.78, 5) is 9.35. The Balaban J connectivity index is 1.76. The summed E-state index contributed by atoms with van der Waals surface area (Å²) in [5, 5.41) is 3.41. The van der Waals surface area contributed by atoms with Gasteiger partial charge in [0.05, 0.1) is 12.2 Å². The van der Waals surface area contributed by atoms with Crippen molar-refractivity contribution in [3.8, 4) is 0 Å². The van der Waals surface area contributed by atoms with Crippen molar-refractivity contribution in [1.82, 2.24) is 24.4 Å². The van der Waals surface area contributed by atoms with Gasteiger partial charge in [-0.3, -0.25) is 0 Å². The average Bonchev–Trinajstić information content (AvgIpc) is 3.10.